The van der Waals surface area contributed by atoms with Crippen LogP contribution >= 0.6 is 0 Å². The molecule has 0 aliphatic heterocycles. The maximum absolute atomic E-state index is 10.4. The van der Waals surface area contributed by atoms with Gasteiger partial charge in [-0.2, -0.15) is 0 Å². The van der Waals surface area contributed by atoms with Crippen LogP contribution in [0.5, 0.6) is 0 Å². The van der Waals surface area contributed by atoms with Crippen molar-refractivity contribution in [3.05, 3.63) is 0 Å². The minimum Gasteiger partial charge on any atom is -0.481 e. The van der Waals surface area contributed by atoms with Crippen LogP contribution in [-0.2, 0) is 4.79 Å². The second kappa shape index (κ2) is 6.00. The van der Waals surface area contributed by atoms with E-state index in [1.54, 1.807) is 6.92 Å². The van der Waals surface area contributed by atoms with E-state index in [9.17, 15) is 9.90 Å². The zero-order valence-electron chi connectivity index (χ0n) is 7.79. The van der Waals surface area contributed by atoms with Gasteiger partial charge < -0.3 is 10.2 Å². The van der Waals surface area contributed by atoms with Gasteiger partial charge in [0.2, 0.25) is 0 Å². The Labute approximate surface area is 73.4 Å². The number of rotatable bonds is 6. The number of aliphatic hydroxyl groups is 1. The zero-order chi connectivity index (χ0) is 9.56. The van der Waals surface area contributed by atoms with E-state index in [1.165, 1.54) is 0 Å². The molecule has 0 aromatic carbocycles. The van der Waals surface area contributed by atoms with E-state index < -0.39 is 18.0 Å². The van der Waals surface area contributed by atoms with Crippen molar-refractivity contribution >= 4 is 5.97 Å². The number of carboxylic acid groups (broad SMARTS) is 1. The summed E-state index contributed by atoms with van der Waals surface area (Å²) in [5, 5.41) is 17.9. The third-order valence-electron chi connectivity index (χ3n) is 2.07. The molecule has 12 heavy (non-hydrogen) atoms. The first-order valence-corrected chi connectivity index (χ1v) is 4.50. The Morgan fingerprint density at radius 2 is 2.00 bits per heavy atom. The van der Waals surface area contributed by atoms with Gasteiger partial charge in [0, 0.05) is 0 Å². The molecule has 72 valence electrons. The average molecular weight is 174 g/mol. The first-order valence-electron chi connectivity index (χ1n) is 4.50. The fourth-order valence-corrected chi connectivity index (χ4v) is 1.02. The predicted octanol–water partition coefficient (Wildman–Crippen LogP) is 1.65. The fraction of sp³-hybridized carbons (Fsp3) is 0.889. The molecule has 3 nitrogen and oxygen atoms in total. The molecular formula is C9H18O3. The van der Waals surface area contributed by atoms with Crippen LogP contribution in [0.3, 0.4) is 0 Å². The lowest BCUT2D eigenvalue weighted by atomic mass is 9.99. The summed E-state index contributed by atoms with van der Waals surface area (Å²) < 4.78 is 0. The summed E-state index contributed by atoms with van der Waals surface area (Å²) in [6.45, 7) is 3.62. The molecule has 0 spiro atoms. The summed E-state index contributed by atoms with van der Waals surface area (Å²) in [5.41, 5.74) is 0. The molecule has 0 unspecified atom stereocenters. The SMILES string of the molecule is CCCCC[C@@H](O)[C@H](C)C(=O)O. The Morgan fingerprint density at radius 1 is 1.42 bits per heavy atom. The highest BCUT2D eigenvalue weighted by Gasteiger charge is 2.20. The van der Waals surface area contributed by atoms with Crippen molar-refractivity contribution in [2.24, 2.45) is 5.92 Å². The largest absolute Gasteiger partial charge is 0.481 e. The molecule has 0 radical (unpaired) electrons. The van der Waals surface area contributed by atoms with Crippen molar-refractivity contribution in [3.63, 3.8) is 0 Å². The number of hydrogen-bond donors (Lipinski definition) is 2. The van der Waals surface area contributed by atoms with Crippen LogP contribution in [0.2, 0.25) is 0 Å². The molecule has 0 aromatic heterocycles. The molecule has 3 heteroatoms. The molecule has 0 fully saturated rings. The minimum atomic E-state index is -0.918. The summed E-state index contributed by atoms with van der Waals surface area (Å²) in [6.07, 6.45) is 2.97. The number of unbranched alkanes of at least 4 members (excludes halogenated alkanes) is 2. The van der Waals surface area contributed by atoms with Gasteiger partial charge in [-0.25, -0.2) is 0 Å². The molecule has 0 aliphatic rings. The van der Waals surface area contributed by atoms with Crippen molar-refractivity contribution in [3.8, 4) is 0 Å². The molecule has 0 amide bonds. The van der Waals surface area contributed by atoms with Crippen LogP contribution in [0.1, 0.15) is 39.5 Å². The predicted molar refractivity (Wildman–Crippen MR) is 46.9 cm³/mol. The van der Waals surface area contributed by atoms with Crippen molar-refractivity contribution in [1.82, 2.24) is 0 Å². The molecule has 0 saturated heterocycles. The topological polar surface area (TPSA) is 57.5 Å². The van der Waals surface area contributed by atoms with Gasteiger partial charge >= 0.3 is 5.97 Å². The third-order valence-corrected chi connectivity index (χ3v) is 2.07. The van der Waals surface area contributed by atoms with Crippen molar-refractivity contribution in [1.29, 1.82) is 0 Å². The van der Waals surface area contributed by atoms with E-state index in [0.717, 1.165) is 19.3 Å². The number of carboxylic acids is 1. The van der Waals surface area contributed by atoms with E-state index in [4.69, 9.17) is 5.11 Å². The van der Waals surface area contributed by atoms with Crippen LogP contribution in [0.25, 0.3) is 0 Å². The highest BCUT2D eigenvalue weighted by Crippen LogP contribution is 2.11. The van der Waals surface area contributed by atoms with Crippen molar-refractivity contribution in [2.75, 3.05) is 0 Å². The average Bonchev–Trinajstić information content (AvgIpc) is 2.03. The van der Waals surface area contributed by atoms with Crippen LogP contribution in [0, 0.1) is 5.92 Å². The van der Waals surface area contributed by atoms with Crippen molar-refractivity contribution < 1.29 is 15.0 Å². The second-order valence-corrected chi connectivity index (χ2v) is 3.19. The number of aliphatic carboxylic acids is 1. The summed E-state index contributed by atoms with van der Waals surface area (Å²) in [6, 6.07) is 0. The monoisotopic (exact) mass is 174 g/mol. The lowest BCUT2D eigenvalue weighted by Crippen LogP contribution is -2.25. The van der Waals surface area contributed by atoms with Gasteiger partial charge in [0.15, 0.2) is 0 Å². The second-order valence-electron chi connectivity index (χ2n) is 3.19. The summed E-state index contributed by atoms with van der Waals surface area (Å²) in [4.78, 5) is 10.4. The van der Waals surface area contributed by atoms with Gasteiger partial charge in [-0.15, -0.1) is 0 Å². The molecule has 0 rings (SSSR count). The zero-order valence-corrected chi connectivity index (χ0v) is 7.79. The van der Waals surface area contributed by atoms with Gasteiger partial charge in [-0.3, -0.25) is 4.79 Å². The van der Waals surface area contributed by atoms with Gasteiger partial charge in [0.1, 0.15) is 0 Å². The molecule has 0 aliphatic carbocycles. The molecule has 0 saturated carbocycles. The first-order chi connectivity index (χ1) is 5.59. The Morgan fingerprint density at radius 3 is 2.42 bits per heavy atom. The highest BCUT2D eigenvalue weighted by molar-refractivity contribution is 5.70. The maximum atomic E-state index is 10.4. The van der Waals surface area contributed by atoms with E-state index in [-0.39, 0.29) is 0 Å². The van der Waals surface area contributed by atoms with Crippen molar-refractivity contribution in [2.45, 2.75) is 45.6 Å². The third kappa shape index (κ3) is 4.34. The number of hydrogen-bond acceptors (Lipinski definition) is 2. The molecule has 0 bridgehead atoms. The summed E-state index contributed by atoms with van der Waals surface area (Å²) in [5.74, 6) is -1.55. The molecule has 2 N–H and O–H groups in total. The Balaban J connectivity index is 3.56. The van der Waals surface area contributed by atoms with Crippen LogP contribution in [-0.4, -0.2) is 22.3 Å². The van der Waals surface area contributed by atoms with Gasteiger partial charge in [0.05, 0.1) is 12.0 Å². The lowest BCUT2D eigenvalue weighted by Gasteiger charge is -2.13. The Kier molecular flexibility index (Phi) is 5.72. The van der Waals surface area contributed by atoms with E-state index in [1.807, 2.05) is 0 Å². The maximum Gasteiger partial charge on any atom is 0.308 e. The Hall–Kier alpha value is -0.570. The fourth-order valence-electron chi connectivity index (χ4n) is 1.02. The lowest BCUT2D eigenvalue weighted by molar-refractivity contribution is -0.144. The van der Waals surface area contributed by atoms with Crippen LogP contribution in [0.4, 0.5) is 0 Å². The standard InChI is InChI=1S/C9H18O3/c1-3-4-5-6-8(10)7(2)9(11)12/h7-8,10H,3-6H2,1-2H3,(H,11,12)/t7-,8+/m0/s1. The van der Waals surface area contributed by atoms with E-state index >= 15 is 0 Å². The minimum absolute atomic E-state index is 0.599. The van der Waals surface area contributed by atoms with Crippen LogP contribution in [0.15, 0.2) is 0 Å². The quantitative estimate of drug-likeness (QED) is 0.602. The highest BCUT2D eigenvalue weighted by atomic mass is 16.4. The normalized spacial score (nSPS) is 15.6. The number of aliphatic hydroxyl groups excluding tert-OH is 1. The molecule has 0 aromatic rings. The summed E-state index contributed by atoms with van der Waals surface area (Å²) in [7, 11) is 0. The van der Waals surface area contributed by atoms with E-state index in [0.29, 0.717) is 6.42 Å². The molecule has 2 atom stereocenters. The smallest absolute Gasteiger partial charge is 0.308 e. The molecule has 0 heterocycles. The van der Waals surface area contributed by atoms with E-state index in [2.05, 4.69) is 6.92 Å². The van der Waals surface area contributed by atoms with Crippen LogP contribution < -0.4 is 0 Å². The molecular weight excluding hydrogens is 156 g/mol. The van der Waals surface area contributed by atoms with Gasteiger partial charge in [-0.1, -0.05) is 26.2 Å². The first kappa shape index (κ1) is 11.4. The Bertz CT molecular complexity index is 134. The van der Waals surface area contributed by atoms with Gasteiger partial charge in [-0.05, 0) is 13.3 Å². The number of carbonyl (C=O) groups is 1. The summed E-state index contributed by atoms with van der Waals surface area (Å²) >= 11 is 0. The van der Waals surface area contributed by atoms with Gasteiger partial charge in [0.25, 0.3) is 0 Å².